The van der Waals surface area contributed by atoms with E-state index in [1.54, 1.807) is 19.1 Å². The molecule has 2 rings (SSSR count). The Morgan fingerprint density at radius 3 is 2.11 bits per heavy atom. The number of rotatable bonds is 5. The van der Waals surface area contributed by atoms with Gasteiger partial charge in [-0.3, -0.25) is 4.79 Å². The van der Waals surface area contributed by atoms with Crippen molar-refractivity contribution in [2.45, 2.75) is 18.9 Å². The second-order valence-corrected chi connectivity index (χ2v) is 4.88. The highest BCUT2D eigenvalue weighted by Crippen LogP contribution is 2.15. The number of halogens is 1. The Morgan fingerprint density at radius 1 is 1.00 bits per heavy atom. The molecule has 0 saturated carbocycles. The highest BCUT2D eigenvalue weighted by atomic mass is 79.9. The Hall–Kier alpha value is -1.61. The monoisotopic (exact) mass is 318 g/mol. The number of carbonyl (C=O) groups excluding carboxylic acids is 1. The number of ketones is 1. The minimum absolute atomic E-state index is 0.0666. The van der Waals surface area contributed by atoms with Crippen molar-refractivity contribution in [3.63, 3.8) is 0 Å². The van der Waals surface area contributed by atoms with Gasteiger partial charge in [-0.15, -0.1) is 0 Å². The zero-order chi connectivity index (χ0) is 13.7. The summed E-state index contributed by atoms with van der Waals surface area (Å²) in [4.78, 5) is 11.2. The molecule has 2 aromatic rings. The van der Waals surface area contributed by atoms with Gasteiger partial charge in [0.05, 0.1) is 0 Å². The van der Waals surface area contributed by atoms with Crippen LogP contribution in [0.4, 0.5) is 0 Å². The summed E-state index contributed by atoms with van der Waals surface area (Å²) in [6, 6.07) is 15.5. The minimum atomic E-state index is 0.0666. The van der Waals surface area contributed by atoms with Crippen LogP contribution in [0.2, 0.25) is 0 Å². The van der Waals surface area contributed by atoms with E-state index in [1.807, 2.05) is 12.1 Å². The Balaban J connectivity index is 1.95. The van der Waals surface area contributed by atoms with Crippen molar-refractivity contribution < 1.29 is 9.53 Å². The quantitative estimate of drug-likeness (QED) is 0.604. The Bertz CT molecular complexity index is 544. The number of alkyl halides is 1. The van der Waals surface area contributed by atoms with Crippen LogP contribution in [0.1, 0.15) is 28.4 Å². The summed E-state index contributed by atoms with van der Waals surface area (Å²) >= 11 is 3.42. The van der Waals surface area contributed by atoms with E-state index in [9.17, 15) is 4.79 Å². The average Bonchev–Trinajstić information content (AvgIpc) is 2.46. The topological polar surface area (TPSA) is 26.3 Å². The molecule has 0 atom stereocenters. The molecule has 3 heteroatoms. The maximum absolute atomic E-state index is 11.2. The molecule has 0 fully saturated rings. The third kappa shape index (κ3) is 3.93. The van der Waals surface area contributed by atoms with Crippen molar-refractivity contribution in [3.05, 3.63) is 65.2 Å². The first-order chi connectivity index (χ1) is 9.19. The fourth-order valence-electron chi connectivity index (χ4n) is 1.68. The van der Waals surface area contributed by atoms with E-state index in [0.29, 0.717) is 12.2 Å². The molecule has 19 heavy (non-hydrogen) atoms. The molecule has 0 spiro atoms. The Labute approximate surface area is 121 Å². The van der Waals surface area contributed by atoms with Crippen LogP contribution in [-0.4, -0.2) is 5.78 Å². The van der Waals surface area contributed by atoms with Crippen molar-refractivity contribution in [3.8, 4) is 5.75 Å². The second-order valence-electron chi connectivity index (χ2n) is 4.32. The van der Waals surface area contributed by atoms with Gasteiger partial charge in [-0.1, -0.05) is 40.2 Å². The molecular formula is C16H15BrO2. The van der Waals surface area contributed by atoms with Gasteiger partial charge in [0.2, 0.25) is 0 Å². The zero-order valence-electron chi connectivity index (χ0n) is 10.7. The van der Waals surface area contributed by atoms with Gasteiger partial charge >= 0.3 is 0 Å². The fourth-order valence-corrected chi connectivity index (χ4v) is 2.05. The first kappa shape index (κ1) is 13.8. The summed E-state index contributed by atoms with van der Waals surface area (Å²) in [6.07, 6.45) is 0. The van der Waals surface area contributed by atoms with Crippen molar-refractivity contribution in [1.82, 2.24) is 0 Å². The fraction of sp³-hybridized carbons (Fsp3) is 0.188. The maximum atomic E-state index is 11.2. The lowest BCUT2D eigenvalue weighted by Gasteiger charge is -2.07. The van der Waals surface area contributed by atoms with Gasteiger partial charge in [0.15, 0.2) is 5.78 Å². The largest absolute Gasteiger partial charge is 0.489 e. The molecule has 2 aromatic carbocycles. The molecule has 98 valence electrons. The number of carbonyl (C=O) groups is 1. The summed E-state index contributed by atoms with van der Waals surface area (Å²) in [6.45, 7) is 2.09. The average molecular weight is 319 g/mol. The first-order valence-corrected chi connectivity index (χ1v) is 7.19. The van der Waals surface area contributed by atoms with Crippen molar-refractivity contribution in [2.75, 3.05) is 0 Å². The van der Waals surface area contributed by atoms with Crippen LogP contribution in [0.25, 0.3) is 0 Å². The highest BCUT2D eigenvalue weighted by Gasteiger charge is 2.00. The molecule has 0 saturated heterocycles. The summed E-state index contributed by atoms with van der Waals surface area (Å²) in [5, 5.41) is 0.862. The van der Waals surface area contributed by atoms with Gasteiger partial charge in [-0.05, 0) is 42.3 Å². The molecule has 0 aliphatic carbocycles. The normalized spacial score (nSPS) is 10.2. The van der Waals surface area contributed by atoms with Gasteiger partial charge in [0.1, 0.15) is 12.4 Å². The third-order valence-electron chi connectivity index (χ3n) is 2.84. The molecule has 0 unspecified atom stereocenters. The summed E-state index contributed by atoms with van der Waals surface area (Å²) in [5.41, 5.74) is 3.07. The number of ether oxygens (including phenoxy) is 1. The molecule has 0 radical (unpaired) electrons. The van der Waals surface area contributed by atoms with Gasteiger partial charge in [0, 0.05) is 10.9 Å². The lowest BCUT2D eigenvalue weighted by molar-refractivity contribution is 0.101. The summed E-state index contributed by atoms with van der Waals surface area (Å²) in [5.74, 6) is 0.839. The minimum Gasteiger partial charge on any atom is -0.489 e. The predicted octanol–water partition coefficient (Wildman–Crippen LogP) is 4.36. The number of hydrogen-bond acceptors (Lipinski definition) is 2. The van der Waals surface area contributed by atoms with Crippen molar-refractivity contribution >= 4 is 21.7 Å². The summed E-state index contributed by atoms with van der Waals surface area (Å²) in [7, 11) is 0. The molecule has 0 N–H and O–H groups in total. The standard InChI is InChI=1S/C16H15BrO2/c1-12(18)15-6-8-16(9-7-15)19-11-14-4-2-13(10-17)3-5-14/h2-9H,10-11H2,1H3. The van der Waals surface area contributed by atoms with Crippen LogP contribution >= 0.6 is 15.9 Å². The van der Waals surface area contributed by atoms with E-state index in [2.05, 4.69) is 40.2 Å². The van der Waals surface area contributed by atoms with Crippen molar-refractivity contribution in [1.29, 1.82) is 0 Å². The summed E-state index contributed by atoms with van der Waals surface area (Å²) < 4.78 is 5.68. The lowest BCUT2D eigenvalue weighted by atomic mass is 10.1. The van der Waals surface area contributed by atoms with Crippen LogP contribution < -0.4 is 4.74 Å². The van der Waals surface area contributed by atoms with E-state index < -0.39 is 0 Å². The van der Waals surface area contributed by atoms with Crippen LogP contribution in [0.3, 0.4) is 0 Å². The van der Waals surface area contributed by atoms with Crippen LogP contribution in [0.5, 0.6) is 5.75 Å². The number of benzene rings is 2. The Morgan fingerprint density at radius 2 is 1.58 bits per heavy atom. The van der Waals surface area contributed by atoms with Gasteiger partial charge in [-0.2, -0.15) is 0 Å². The maximum Gasteiger partial charge on any atom is 0.159 e. The highest BCUT2D eigenvalue weighted by molar-refractivity contribution is 9.08. The first-order valence-electron chi connectivity index (χ1n) is 6.06. The molecule has 2 nitrogen and oxygen atoms in total. The molecular weight excluding hydrogens is 304 g/mol. The molecule has 0 aliphatic heterocycles. The number of Topliss-reactive ketones (excluding diaryl/α,β-unsaturated/α-hetero) is 1. The lowest BCUT2D eigenvalue weighted by Crippen LogP contribution is -1.96. The van der Waals surface area contributed by atoms with Gasteiger partial charge in [0.25, 0.3) is 0 Å². The molecule has 0 aliphatic rings. The SMILES string of the molecule is CC(=O)c1ccc(OCc2ccc(CBr)cc2)cc1. The van der Waals surface area contributed by atoms with E-state index in [-0.39, 0.29) is 5.78 Å². The third-order valence-corrected chi connectivity index (χ3v) is 3.49. The van der Waals surface area contributed by atoms with E-state index in [0.717, 1.165) is 16.6 Å². The molecule has 0 aromatic heterocycles. The van der Waals surface area contributed by atoms with Crippen molar-refractivity contribution in [2.24, 2.45) is 0 Å². The van der Waals surface area contributed by atoms with Gasteiger partial charge in [-0.25, -0.2) is 0 Å². The predicted molar refractivity (Wildman–Crippen MR) is 79.9 cm³/mol. The van der Waals surface area contributed by atoms with E-state index in [4.69, 9.17) is 4.74 Å². The zero-order valence-corrected chi connectivity index (χ0v) is 12.3. The van der Waals surface area contributed by atoms with Crippen LogP contribution in [0.15, 0.2) is 48.5 Å². The van der Waals surface area contributed by atoms with E-state index >= 15 is 0 Å². The second kappa shape index (κ2) is 6.53. The smallest absolute Gasteiger partial charge is 0.159 e. The molecule has 0 bridgehead atoms. The number of hydrogen-bond donors (Lipinski definition) is 0. The Kier molecular flexibility index (Phi) is 4.74. The van der Waals surface area contributed by atoms with Crippen LogP contribution in [0, 0.1) is 0 Å². The molecule has 0 amide bonds. The van der Waals surface area contributed by atoms with E-state index in [1.165, 1.54) is 5.56 Å². The van der Waals surface area contributed by atoms with Gasteiger partial charge < -0.3 is 4.74 Å². The van der Waals surface area contributed by atoms with Crippen LogP contribution in [-0.2, 0) is 11.9 Å². The molecule has 0 heterocycles.